The lowest BCUT2D eigenvalue weighted by molar-refractivity contribution is -0.754. The summed E-state index contributed by atoms with van der Waals surface area (Å²) in [4.78, 5) is 36.2. The summed E-state index contributed by atoms with van der Waals surface area (Å²) in [6.45, 7) is 32.1. The summed E-state index contributed by atoms with van der Waals surface area (Å²) in [5.41, 5.74) is 9.98. The Kier molecular flexibility index (Phi) is 17.8. The molecule has 0 saturated heterocycles. The number of nitrogens with zero attached hydrogens (tertiary/aromatic N) is 5. The Morgan fingerprint density at radius 2 is 1.07 bits per heavy atom. The van der Waals surface area contributed by atoms with Gasteiger partial charge in [-0.2, -0.15) is 4.57 Å². The highest BCUT2D eigenvalue weighted by Crippen LogP contribution is 2.21. The maximum atomic E-state index is 10.9. The van der Waals surface area contributed by atoms with Gasteiger partial charge in [0.05, 0.1) is 0 Å². The second kappa shape index (κ2) is 20.4. The number of aromatic nitrogens is 6. The molecule has 0 saturated carbocycles. The first-order valence-electron chi connectivity index (χ1n) is 18.4. The molecule has 5 rings (SSSR count). The van der Waals surface area contributed by atoms with E-state index in [9.17, 15) is 9.59 Å². The molecule has 5 heterocycles. The second-order valence-corrected chi connectivity index (χ2v) is 18.0. The average molecular weight is 738 g/mol. The van der Waals surface area contributed by atoms with Crippen LogP contribution in [0.3, 0.4) is 0 Å². The van der Waals surface area contributed by atoms with Gasteiger partial charge in [0, 0.05) is 96.8 Å². The lowest BCUT2D eigenvalue weighted by Gasteiger charge is -2.17. The first-order valence-corrected chi connectivity index (χ1v) is 18.4. The minimum Gasteiger partial charge on any atom is -0.365 e. The molecular weight excluding hydrogens is 671 g/mol. The van der Waals surface area contributed by atoms with Gasteiger partial charge in [-0.1, -0.05) is 80.5 Å². The van der Waals surface area contributed by atoms with Gasteiger partial charge in [0.25, 0.3) is 5.91 Å². The number of carbonyl (C=O) groups is 1. The average Bonchev–Trinajstić information content (AvgIpc) is 3.09. The fraction of sp³-hybridized carbons (Fsp3) is 0.444. The van der Waals surface area contributed by atoms with Crippen molar-refractivity contribution in [1.29, 1.82) is 0 Å². The van der Waals surface area contributed by atoms with E-state index in [0.717, 1.165) is 5.56 Å². The van der Waals surface area contributed by atoms with Gasteiger partial charge in [-0.05, 0) is 45.1 Å². The van der Waals surface area contributed by atoms with E-state index in [4.69, 9.17) is 5.73 Å². The molecule has 3 N–H and O–H groups in total. The molecule has 0 unspecified atom stereocenters. The zero-order valence-electron chi connectivity index (χ0n) is 35.6. The Morgan fingerprint density at radius 1 is 0.574 bits per heavy atom. The number of carbonyl (C=O) groups excluding carboxylic acids is 1. The molecule has 9 nitrogen and oxygen atoms in total. The maximum absolute atomic E-state index is 10.9. The standard InChI is InChI=1S/C10H14N2O.C9H13NO.C9H13N.C9H14N.C8H12N2/c1-10(2,3)12-6-4-5-8(7-12)9(11)13;1-9(2,3)7-4-5-8(11)10-6-7;1-9(2,3)8-5-4-6-10-7-8;1-9(2,3)10-7-5-4-6-8-10;1-8(2,3)7-4-9-6-10-5-7/h4-7H,1-3H3,(H-,11,13);4-6H,1-3H3,(H,10,11);4-7H,1-3H3;4-8H,1-3H3;4-6H,1-3H3/q;;;+1;/p+1. The molecular formula is C45H67N7O2+2. The van der Waals surface area contributed by atoms with E-state index in [1.165, 1.54) is 11.1 Å². The molecule has 0 atom stereocenters. The second-order valence-electron chi connectivity index (χ2n) is 18.0. The fourth-order valence-electron chi connectivity index (χ4n) is 4.25. The van der Waals surface area contributed by atoms with Gasteiger partial charge in [0.1, 0.15) is 11.9 Å². The van der Waals surface area contributed by atoms with Crippen LogP contribution in [0.5, 0.6) is 0 Å². The molecule has 292 valence electrons. The summed E-state index contributed by atoms with van der Waals surface area (Å²) in [7, 11) is 0. The zero-order chi connectivity index (χ0) is 41.4. The van der Waals surface area contributed by atoms with Crippen LogP contribution < -0.4 is 20.4 Å². The number of primary amides is 1. The summed E-state index contributed by atoms with van der Waals surface area (Å²) in [5, 5.41) is 0. The van der Waals surface area contributed by atoms with Gasteiger partial charge in [-0.3, -0.25) is 14.6 Å². The number of rotatable bonds is 1. The Balaban J connectivity index is 0.000000339. The monoisotopic (exact) mass is 738 g/mol. The highest BCUT2D eigenvalue weighted by atomic mass is 16.1. The van der Waals surface area contributed by atoms with Gasteiger partial charge in [0.15, 0.2) is 35.9 Å². The number of nitrogens with one attached hydrogen (secondary N) is 1. The molecule has 0 aromatic carbocycles. The fourth-order valence-corrected chi connectivity index (χ4v) is 4.25. The normalized spacial score (nSPS) is 11.5. The molecule has 0 spiro atoms. The summed E-state index contributed by atoms with van der Waals surface area (Å²) < 4.78 is 4.15. The Bertz CT molecular complexity index is 1720. The van der Waals surface area contributed by atoms with E-state index < -0.39 is 5.91 Å². The van der Waals surface area contributed by atoms with E-state index in [1.54, 1.807) is 37.1 Å². The van der Waals surface area contributed by atoms with Crippen molar-refractivity contribution in [2.75, 3.05) is 0 Å². The topological polar surface area (TPSA) is 122 Å². The number of hydrogen-bond donors (Lipinski definition) is 2. The van der Waals surface area contributed by atoms with Crippen molar-refractivity contribution >= 4 is 5.91 Å². The number of nitrogens with two attached hydrogens (primary N) is 1. The number of aromatic amines is 1. The largest absolute Gasteiger partial charge is 0.365 e. The van der Waals surface area contributed by atoms with Crippen LogP contribution in [0.25, 0.3) is 0 Å². The minimum atomic E-state index is -0.390. The first-order chi connectivity index (χ1) is 24.7. The van der Waals surface area contributed by atoms with Crippen LogP contribution in [0.15, 0.2) is 121 Å². The highest BCUT2D eigenvalue weighted by Gasteiger charge is 2.22. The smallest absolute Gasteiger partial charge is 0.254 e. The van der Waals surface area contributed by atoms with Gasteiger partial charge in [-0.25, -0.2) is 14.5 Å². The van der Waals surface area contributed by atoms with Crippen LogP contribution in [0.4, 0.5) is 0 Å². The predicted molar refractivity (Wildman–Crippen MR) is 221 cm³/mol. The zero-order valence-corrected chi connectivity index (χ0v) is 35.6. The Morgan fingerprint density at radius 3 is 1.43 bits per heavy atom. The molecule has 5 aromatic heterocycles. The maximum Gasteiger partial charge on any atom is 0.254 e. The van der Waals surface area contributed by atoms with Gasteiger partial charge < -0.3 is 10.7 Å². The van der Waals surface area contributed by atoms with Crippen molar-refractivity contribution in [1.82, 2.24) is 19.9 Å². The van der Waals surface area contributed by atoms with Crippen molar-refractivity contribution < 1.29 is 13.9 Å². The molecule has 9 heteroatoms. The third-order valence-corrected chi connectivity index (χ3v) is 7.95. The molecule has 0 radical (unpaired) electrons. The number of H-pyrrole nitrogens is 1. The predicted octanol–water partition coefficient (Wildman–Crippen LogP) is 8.38. The van der Waals surface area contributed by atoms with Crippen LogP contribution in [0.2, 0.25) is 0 Å². The van der Waals surface area contributed by atoms with Crippen molar-refractivity contribution in [2.45, 2.75) is 131 Å². The van der Waals surface area contributed by atoms with Gasteiger partial charge in [-0.15, -0.1) is 0 Å². The van der Waals surface area contributed by atoms with Crippen molar-refractivity contribution in [3.8, 4) is 0 Å². The third kappa shape index (κ3) is 18.6. The summed E-state index contributed by atoms with van der Waals surface area (Å²) in [5.74, 6) is -0.390. The number of pyridine rings is 4. The molecule has 0 aliphatic rings. The van der Waals surface area contributed by atoms with Crippen LogP contribution in [0.1, 0.15) is 131 Å². The van der Waals surface area contributed by atoms with E-state index in [-0.39, 0.29) is 32.9 Å². The molecule has 0 aliphatic heterocycles. The summed E-state index contributed by atoms with van der Waals surface area (Å²) in [6, 6.07) is 17.2. The SMILES string of the molecule is CC(C)(C)[n+]1cccc(C(N)=O)c1.CC(C)(C)[n+]1ccccc1.CC(C)(C)c1ccc(=O)[nH]c1.CC(C)(C)c1cccnc1.CC(C)(C)c1cncnc1. The summed E-state index contributed by atoms with van der Waals surface area (Å²) >= 11 is 0. The van der Waals surface area contributed by atoms with E-state index in [2.05, 4.69) is 147 Å². The van der Waals surface area contributed by atoms with Crippen LogP contribution >= 0.6 is 0 Å². The summed E-state index contributed by atoms with van der Waals surface area (Å²) in [6.07, 6.45) is 18.6. The quantitative estimate of drug-likeness (QED) is 0.168. The highest BCUT2D eigenvalue weighted by molar-refractivity contribution is 5.92. The van der Waals surface area contributed by atoms with E-state index in [0.29, 0.717) is 5.56 Å². The Labute approximate surface area is 325 Å². The molecule has 0 bridgehead atoms. The van der Waals surface area contributed by atoms with Crippen LogP contribution in [-0.4, -0.2) is 25.8 Å². The lowest BCUT2D eigenvalue weighted by Crippen LogP contribution is -2.50. The van der Waals surface area contributed by atoms with Crippen molar-refractivity contribution in [3.05, 3.63) is 149 Å². The van der Waals surface area contributed by atoms with Crippen LogP contribution in [-0.2, 0) is 27.3 Å². The van der Waals surface area contributed by atoms with Gasteiger partial charge >= 0.3 is 0 Å². The number of hydrogen-bond acceptors (Lipinski definition) is 5. The van der Waals surface area contributed by atoms with Gasteiger partial charge in [0.2, 0.25) is 5.56 Å². The van der Waals surface area contributed by atoms with Crippen molar-refractivity contribution in [3.63, 3.8) is 0 Å². The van der Waals surface area contributed by atoms with Crippen LogP contribution in [0, 0.1) is 0 Å². The molecule has 0 fully saturated rings. The third-order valence-electron chi connectivity index (χ3n) is 7.95. The van der Waals surface area contributed by atoms with E-state index in [1.807, 2.05) is 65.8 Å². The van der Waals surface area contributed by atoms with Crippen molar-refractivity contribution in [2.24, 2.45) is 5.73 Å². The minimum absolute atomic E-state index is 0.0224. The lowest BCUT2D eigenvalue weighted by atomic mass is 9.88. The molecule has 1 amide bonds. The molecule has 54 heavy (non-hydrogen) atoms. The Hall–Kier alpha value is -5.05. The molecule has 0 aliphatic carbocycles. The van der Waals surface area contributed by atoms with E-state index >= 15 is 0 Å². The molecule has 5 aromatic rings. The number of amides is 1. The first kappa shape index (κ1) is 47.0.